The molecule has 1 aromatic carbocycles. The Labute approximate surface area is 122 Å². The lowest BCUT2D eigenvalue weighted by Gasteiger charge is -2.06. The van der Waals surface area contributed by atoms with Crippen LogP contribution in [0.4, 0.5) is 5.69 Å². The average Bonchev–Trinajstić information content (AvgIpc) is 2.35. The molecule has 0 saturated carbocycles. The number of hydrogen-bond donors (Lipinski definition) is 2. The number of amides is 1. The third-order valence-electron chi connectivity index (χ3n) is 2.22. The second-order valence-electron chi connectivity index (χ2n) is 4.45. The quantitative estimate of drug-likeness (QED) is 0.616. The third-order valence-corrected chi connectivity index (χ3v) is 3.15. The highest BCUT2D eigenvalue weighted by Gasteiger charge is 2.09. The van der Waals surface area contributed by atoms with Gasteiger partial charge in [0.05, 0.1) is 4.90 Å². The average molecular weight is 312 g/mol. The molecule has 0 aliphatic heterocycles. The van der Waals surface area contributed by atoms with Crippen LogP contribution in [0.5, 0.6) is 0 Å². The molecule has 21 heavy (non-hydrogen) atoms. The van der Waals surface area contributed by atoms with Crippen LogP contribution in [-0.4, -0.2) is 26.9 Å². The van der Waals surface area contributed by atoms with E-state index in [1.807, 2.05) is 0 Å². The number of carbonyl (C=O) groups excluding carboxylic acids is 2. The first kappa shape index (κ1) is 16.9. The van der Waals surface area contributed by atoms with E-state index in [9.17, 15) is 18.0 Å². The van der Waals surface area contributed by atoms with Crippen LogP contribution < -0.4 is 10.5 Å². The van der Waals surface area contributed by atoms with E-state index in [-0.39, 0.29) is 4.90 Å². The number of ether oxygens (including phenoxy) is 1. The molecule has 0 saturated heterocycles. The number of carbonyl (C=O) groups is 2. The summed E-state index contributed by atoms with van der Waals surface area (Å²) in [4.78, 5) is 22.7. The minimum absolute atomic E-state index is 0.0597. The molecule has 0 unspecified atom stereocenters. The van der Waals surface area contributed by atoms with Crippen molar-refractivity contribution >= 4 is 27.6 Å². The first-order valence-corrected chi connectivity index (χ1v) is 7.47. The fourth-order valence-electron chi connectivity index (χ4n) is 1.34. The number of primary sulfonamides is 1. The van der Waals surface area contributed by atoms with Crippen molar-refractivity contribution in [1.82, 2.24) is 0 Å². The Morgan fingerprint density at radius 3 is 2.29 bits per heavy atom. The SMILES string of the molecule is CC(C)=CC(=O)OCC(=O)Nc1ccc(S(N)(=O)=O)cc1. The maximum absolute atomic E-state index is 11.5. The molecule has 0 spiro atoms. The highest BCUT2D eigenvalue weighted by atomic mass is 32.2. The van der Waals surface area contributed by atoms with Gasteiger partial charge in [0, 0.05) is 11.8 Å². The van der Waals surface area contributed by atoms with Gasteiger partial charge in [-0.25, -0.2) is 18.4 Å². The van der Waals surface area contributed by atoms with E-state index in [1.165, 1.54) is 30.3 Å². The number of esters is 1. The van der Waals surface area contributed by atoms with E-state index in [2.05, 4.69) is 5.32 Å². The summed E-state index contributed by atoms with van der Waals surface area (Å²) in [5.74, 6) is -1.14. The monoisotopic (exact) mass is 312 g/mol. The highest BCUT2D eigenvalue weighted by molar-refractivity contribution is 7.89. The Kier molecular flexibility index (Phi) is 5.62. The van der Waals surface area contributed by atoms with E-state index in [1.54, 1.807) is 13.8 Å². The van der Waals surface area contributed by atoms with Crippen LogP contribution >= 0.6 is 0 Å². The van der Waals surface area contributed by atoms with Crippen LogP contribution in [0.15, 0.2) is 40.8 Å². The molecule has 7 nitrogen and oxygen atoms in total. The molecule has 0 aromatic heterocycles. The first-order chi connectivity index (χ1) is 9.68. The lowest BCUT2D eigenvalue weighted by Crippen LogP contribution is -2.20. The highest BCUT2D eigenvalue weighted by Crippen LogP contribution is 2.12. The topological polar surface area (TPSA) is 116 Å². The lowest BCUT2D eigenvalue weighted by atomic mass is 10.3. The van der Waals surface area contributed by atoms with E-state index in [4.69, 9.17) is 9.88 Å². The van der Waals surface area contributed by atoms with Gasteiger partial charge < -0.3 is 10.1 Å². The fraction of sp³-hybridized carbons (Fsp3) is 0.231. The summed E-state index contributed by atoms with van der Waals surface area (Å²) in [6.07, 6.45) is 1.27. The molecule has 0 bridgehead atoms. The smallest absolute Gasteiger partial charge is 0.331 e. The van der Waals surface area contributed by atoms with Crippen molar-refractivity contribution in [2.24, 2.45) is 5.14 Å². The molecule has 114 valence electrons. The maximum atomic E-state index is 11.5. The van der Waals surface area contributed by atoms with Gasteiger partial charge in [0.15, 0.2) is 6.61 Å². The zero-order valence-electron chi connectivity index (χ0n) is 11.6. The van der Waals surface area contributed by atoms with Gasteiger partial charge in [-0.15, -0.1) is 0 Å². The summed E-state index contributed by atoms with van der Waals surface area (Å²) in [5.41, 5.74) is 1.13. The summed E-state index contributed by atoms with van der Waals surface area (Å²) in [5, 5.41) is 7.41. The summed E-state index contributed by atoms with van der Waals surface area (Å²) >= 11 is 0. The second kappa shape index (κ2) is 7.00. The number of anilines is 1. The van der Waals surface area contributed by atoms with Gasteiger partial charge in [0.1, 0.15) is 0 Å². The molecule has 0 heterocycles. The summed E-state index contributed by atoms with van der Waals surface area (Å²) in [6.45, 7) is 3.03. The Morgan fingerprint density at radius 2 is 1.81 bits per heavy atom. The van der Waals surface area contributed by atoms with E-state index < -0.39 is 28.5 Å². The normalized spacial score (nSPS) is 10.6. The second-order valence-corrected chi connectivity index (χ2v) is 6.01. The van der Waals surface area contributed by atoms with Crippen molar-refractivity contribution in [2.45, 2.75) is 18.7 Å². The van der Waals surface area contributed by atoms with E-state index in [0.29, 0.717) is 5.69 Å². The van der Waals surface area contributed by atoms with Crippen molar-refractivity contribution in [2.75, 3.05) is 11.9 Å². The Hall–Kier alpha value is -2.19. The first-order valence-electron chi connectivity index (χ1n) is 5.93. The molecular weight excluding hydrogens is 296 g/mol. The zero-order chi connectivity index (χ0) is 16.0. The number of sulfonamides is 1. The maximum Gasteiger partial charge on any atom is 0.331 e. The number of nitrogens with two attached hydrogens (primary N) is 1. The fourth-order valence-corrected chi connectivity index (χ4v) is 1.85. The van der Waals surface area contributed by atoms with Crippen molar-refractivity contribution < 1.29 is 22.7 Å². The van der Waals surface area contributed by atoms with Gasteiger partial charge in [-0.1, -0.05) is 5.57 Å². The van der Waals surface area contributed by atoms with Crippen LogP contribution in [0.1, 0.15) is 13.8 Å². The molecule has 0 fully saturated rings. The van der Waals surface area contributed by atoms with Gasteiger partial charge in [-0.2, -0.15) is 0 Å². The molecule has 8 heteroatoms. The van der Waals surface area contributed by atoms with Crippen LogP contribution in [-0.2, 0) is 24.3 Å². The van der Waals surface area contributed by atoms with Crippen LogP contribution in [0.3, 0.4) is 0 Å². The van der Waals surface area contributed by atoms with Crippen LogP contribution in [0.2, 0.25) is 0 Å². The molecule has 1 amide bonds. The minimum atomic E-state index is -3.77. The van der Waals surface area contributed by atoms with Gasteiger partial charge in [0.25, 0.3) is 5.91 Å². The molecule has 1 aromatic rings. The predicted molar refractivity (Wildman–Crippen MR) is 76.8 cm³/mol. The van der Waals surface area contributed by atoms with Crippen molar-refractivity contribution in [3.05, 3.63) is 35.9 Å². The molecule has 0 atom stereocenters. The van der Waals surface area contributed by atoms with Crippen molar-refractivity contribution in [3.63, 3.8) is 0 Å². The van der Waals surface area contributed by atoms with Gasteiger partial charge >= 0.3 is 5.97 Å². The zero-order valence-corrected chi connectivity index (χ0v) is 12.4. The number of benzene rings is 1. The Bertz CT molecular complexity index is 658. The number of allylic oxidation sites excluding steroid dienone is 1. The van der Waals surface area contributed by atoms with E-state index in [0.717, 1.165) is 5.57 Å². The number of nitrogens with one attached hydrogen (secondary N) is 1. The van der Waals surface area contributed by atoms with Crippen molar-refractivity contribution in [1.29, 1.82) is 0 Å². The van der Waals surface area contributed by atoms with Gasteiger partial charge in [0.2, 0.25) is 10.0 Å². The van der Waals surface area contributed by atoms with Crippen LogP contribution in [0.25, 0.3) is 0 Å². The molecule has 0 radical (unpaired) electrons. The predicted octanol–water partition coefficient (Wildman–Crippen LogP) is 0.782. The summed E-state index contributed by atoms with van der Waals surface area (Å²) < 4.78 is 26.8. The van der Waals surface area contributed by atoms with E-state index >= 15 is 0 Å². The molecule has 3 N–H and O–H groups in total. The third kappa shape index (κ3) is 6.19. The molecule has 0 aliphatic rings. The molecule has 1 rings (SSSR count). The Balaban J connectivity index is 2.56. The minimum Gasteiger partial charge on any atom is -0.452 e. The molecular formula is C13H16N2O5S. The standard InChI is InChI=1S/C13H16N2O5S/c1-9(2)7-13(17)20-8-12(16)15-10-3-5-11(6-4-10)21(14,18)19/h3-7H,8H2,1-2H3,(H,15,16)(H2,14,18,19). The van der Waals surface area contributed by atoms with Gasteiger partial charge in [-0.05, 0) is 38.1 Å². The largest absolute Gasteiger partial charge is 0.452 e. The van der Waals surface area contributed by atoms with Gasteiger partial charge in [-0.3, -0.25) is 4.79 Å². The Morgan fingerprint density at radius 1 is 1.24 bits per heavy atom. The van der Waals surface area contributed by atoms with Crippen molar-refractivity contribution in [3.8, 4) is 0 Å². The lowest BCUT2D eigenvalue weighted by molar-refractivity contribution is -0.142. The number of rotatable bonds is 5. The summed E-state index contributed by atoms with van der Waals surface area (Å²) in [7, 11) is -3.77. The van der Waals surface area contributed by atoms with Crippen LogP contribution in [0, 0.1) is 0 Å². The number of hydrogen-bond acceptors (Lipinski definition) is 5. The molecule has 0 aliphatic carbocycles. The summed E-state index contributed by atoms with van der Waals surface area (Å²) in [6, 6.07) is 5.30.